The van der Waals surface area contributed by atoms with Crippen molar-refractivity contribution in [3.8, 4) is 0 Å². The van der Waals surface area contributed by atoms with Crippen molar-refractivity contribution >= 4 is 39.9 Å². The molecule has 0 aliphatic carbocycles. The summed E-state index contributed by atoms with van der Waals surface area (Å²) in [4.78, 5) is 19.6. The first-order chi connectivity index (χ1) is 14.4. The van der Waals surface area contributed by atoms with Crippen molar-refractivity contribution in [3.63, 3.8) is 0 Å². The Morgan fingerprint density at radius 1 is 1.20 bits per heavy atom. The number of hydrogen-bond acceptors (Lipinski definition) is 6. The number of anilines is 2. The molecule has 2 aromatic carbocycles. The zero-order valence-corrected chi connectivity index (χ0v) is 18.2. The molecule has 0 saturated carbocycles. The summed E-state index contributed by atoms with van der Waals surface area (Å²) in [6.07, 6.45) is -0.796. The second kappa shape index (κ2) is 11.0. The third-order valence-corrected chi connectivity index (χ3v) is 5.11. The molecular weight excluding hydrogens is 511 g/mol. The number of aliphatic hydroxyl groups is 1. The number of halogens is 3. The van der Waals surface area contributed by atoms with Crippen LogP contribution in [0.25, 0.3) is 0 Å². The van der Waals surface area contributed by atoms with E-state index in [0.29, 0.717) is 23.3 Å². The molecule has 1 unspecified atom stereocenters. The third kappa shape index (κ3) is 6.57. The molecule has 162 valence electrons. The molecule has 0 spiro atoms. The van der Waals surface area contributed by atoms with Gasteiger partial charge in [0, 0.05) is 23.2 Å². The van der Waals surface area contributed by atoms with Gasteiger partial charge in [-0.1, -0.05) is 0 Å². The molecule has 1 fully saturated rings. The van der Waals surface area contributed by atoms with E-state index in [-0.39, 0.29) is 23.5 Å². The van der Waals surface area contributed by atoms with Crippen LogP contribution in [0.1, 0.15) is 10.4 Å². The minimum Gasteiger partial charge on any atom is -0.389 e. The standard InChI is InChI=1S/C20H22F2IN3O4/c21-13-1-3-16(19(9-13)24-18-4-2-14(23)10-17(18)22)20(28)25-30-12-15(27)11-26-5-7-29-8-6-26/h1-4,9-10,15,24,27H,5-8,11-12H2,(H,25,28). The first-order valence-electron chi connectivity index (χ1n) is 9.34. The fourth-order valence-corrected chi connectivity index (χ4v) is 3.40. The highest BCUT2D eigenvalue weighted by Crippen LogP contribution is 2.25. The number of amides is 1. The van der Waals surface area contributed by atoms with Crippen molar-refractivity contribution < 1.29 is 28.3 Å². The molecule has 0 radical (unpaired) electrons. The molecule has 1 atom stereocenters. The van der Waals surface area contributed by atoms with Crippen LogP contribution in [0.15, 0.2) is 36.4 Å². The summed E-state index contributed by atoms with van der Waals surface area (Å²) in [5.41, 5.74) is 2.50. The van der Waals surface area contributed by atoms with Crippen molar-refractivity contribution in [2.75, 3.05) is 44.8 Å². The van der Waals surface area contributed by atoms with Crippen molar-refractivity contribution in [1.29, 1.82) is 0 Å². The van der Waals surface area contributed by atoms with Crippen LogP contribution in [-0.2, 0) is 9.57 Å². The summed E-state index contributed by atoms with van der Waals surface area (Å²) in [5, 5.41) is 12.8. The lowest BCUT2D eigenvalue weighted by Gasteiger charge is -2.28. The Morgan fingerprint density at radius 3 is 2.70 bits per heavy atom. The van der Waals surface area contributed by atoms with Crippen LogP contribution in [0.4, 0.5) is 20.2 Å². The Labute approximate surface area is 186 Å². The minimum absolute atomic E-state index is 0.0667. The number of morpholine rings is 1. The highest BCUT2D eigenvalue weighted by atomic mass is 127. The van der Waals surface area contributed by atoms with E-state index >= 15 is 0 Å². The number of nitrogens with one attached hydrogen (secondary N) is 2. The molecule has 10 heteroatoms. The highest BCUT2D eigenvalue weighted by molar-refractivity contribution is 14.1. The van der Waals surface area contributed by atoms with E-state index in [1.54, 1.807) is 6.07 Å². The van der Waals surface area contributed by atoms with Crippen LogP contribution in [0.3, 0.4) is 0 Å². The molecule has 30 heavy (non-hydrogen) atoms. The fourth-order valence-electron chi connectivity index (χ4n) is 2.95. The van der Waals surface area contributed by atoms with Gasteiger partial charge in [0.25, 0.3) is 5.91 Å². The number of carbonyl (C=O) groups is 1. The molecule has 1 amide bonds. The van der Waals surface area contributed by atoms with Gasteiger partial charge in [-0.05, 0) is 59.0 Å². The number of hydrogen-bond donors (Lipinski definition) is 3. The number of hydroxylamine groups is 1. The van der Waals surface area contributed by atoms with E-state index < -0.39 is 23.6 Å². The summed E-state index contributed by atoms with van der Waals surface area (Å²) in [6.45, 7) is 2.97. The molecule has 7 nitrogen and oxygen atoms in total. The van der Waals surface area contributed by atoms with E-state index in [2.05, 4.69) is 10.8 Å². The molecular formula is C20H22F2IN3O4. The third-order valence-electron chi connectivity index (χ3n) is 4.44. The first kappa shape index (κ1) is 22.8. The first-order valence-corrected chi connectivity index (χ1v) is 10.4. The quantitative estimate of drug-likeness (QED) is 0.358. The topological polar surface area (TPSA) is 83.1 Å². The van der Waals surface area contributed by atoms with Crippen molar-refractivity contribution in [2.45, 2.75) is 6.10 Å². The number of ether oxygens (including phenoxy) is 1. The van der Waals surface area contributed by atoms with E-state index in [0.717, 1.165) is 25.2 Å². The molecule has 1 saturated heterocycles. The van der Waals surface area contributed by atoms with Crippen LogP contribution in [0.5, 0.6) is 0 Å². The Bertz CT molecular complexity index is 881. The average Bonchev–Trinajstić information content (AvgIpc) is 2.71. The number of aliphatic hydroxyl groups excluding tert-OH is 1. The predicted molar refractivity (Wildman–Crippen MR) is 115 cm³/mol. The van der Waals surface area contributed by atoms with Crippen LogP contribution in [-0.4, -0.2) is 61.5 Å². The smallest absolute Gasteiger partial charge is 0.276 e. The second-order valence-electron chi connectivity index (χ2n) is 6.75. The molecule has 2 aromatic rings. The number of β-amino-alcohol motifs (C(OH)–C–C–N with tert-alkyl or cyclic N) is 1. The lowest BCUT2D eigenvalue weighted by atomic mass is 10.1. The van der Waals surface area contributed by atoms with Gasteiger partial charge in [0.15, 0.2) is 0 Å². The SMILES string of the molecule is O=C(NOCC(O)CN1CCOCC1)c1ccc(F)cc1Nc1ccc(I)cc1F. The van der Waals surface area contributed by atoms with Crippen LogP contribution in [0, 0.1) is 15.2 Å². The Balaban J connectivity index is 1.58. The maximum atomic E-state index is 14.1. The van der Waals surface area contributed by atoms with Gasteiger partial charge in [-0.25, -0.2) is 14.3 Å². The highest BCUT2D eigenvalue weighted by Gasteiger charge is 2.17. The maximum Gasteiger partial charge on any atom is 0.276 e. The fraction of sp³-hybridized carbons (Fsp3) is 0.350. The zero-order chi connectivity index (χ0) is 21.5. The summed E-state index contributed by atoms with van der Waals surface area (Å²) < 4.78 is 33.8. The molecule has 1 heterocycles. The lowest BCUT2D eigenvalue weighted by Crippen LogP contribution is -2.42. The number of carbonyl (C=O) groups excluding carboxylic acids is 1. The number of nitrogens with zero attached hydrogens (tertiary/aromatic N) is 1. The Morgan fingerprint density at radius 2 is 1.97 bits per heavy atom. The van der Waals surface area contributed by atoms with Crippen LogP contribution >= 0.6 is 22.6 Å². The minimum atomic E-state index is -0.796. The second-order valence-corrected chi connectivity index (χ2v) is 7.99. The lowest BCUT2D eigenvalue weighted by molar-refractivity contribution is -0.0362. The Hall–Kier alpha value is -1.86. The van der Waals surface area contributed by atoms with Crippen molar-refractivity contribution in [1.82, 2.24) is 10.4 Å². The van der Waals surface area contributed by atoms with E-state index in [4.69, 9.17) is 9.57 Å². The van der Waals surface area contributed by atoms with Gasteiger partial charge in [-0.15, -0.1) is 0 Å². The van der Waals surface area contributed by atoms with Crippen LogP contribution < -0.4 is 10.8 Å². The molecule has 0 aromatic heterocycles. The Kier molecular flexibility index (Phi) is 8.33. The molecule has 1 aliphatic rings. The van der Waals surface area contributed by atoms with E-state index in [1.165, 1.54) is 18.2 Å². The van der Waals surface area contributed by atoms with Crippen molar-refractivity contribution in [3.05, 3.63) is 57.2 Å². The largest absolute Gasteiger partial charge is 0.389 e. The maximum absolute atomic E-state index is 14.1. The van der Waals surface area contributed by atoms with Gasteiger partial charge in [0.2, 0.25) is 0 Å². The summed E-state index contributed by atoms with van der Waals surface area (Å²) >= 11 is 1.98. The molecule has 1 aliphatic heterocycles. The molecule has 3 N–H and O–H groups in total. The zero-order valence-electron chi connectivity index (χ0n) is 16.0. The monoisotopic (exact) mass is 533 g/mol. The van der Waals surface area contributed by atoms with Crippen molar-refractivity contribution in [2.24, 2.45) is 0 Å². The van der Waals surface area contributed by atoms with Gasteiger partial charge >= 0.3 is 0 Å². The average molecular weight is 533 g/mol. The predicted octanol–water partition coefficient (Wildman–Crippen LogP) is 2.67. The number of rotatable bonds is 8. The van der Waals surface area contributed by atoms with E-state index in [9.17, 15) is 18.7 Å². The summed E-state index contributed by atoms with van der Waals surface area (Å²) in [6, 6.07) is 8.00. The van der Waals surface area contributed by atoms with Gasteiger partial charge in [0.05, 0.1) is 36.3 Å². The summed E-state index contributed by atoms with van der Waals surface area (Å²) in [5.74, 6) is -1.76. The van der Waals surface area contributed by atoms with Gasteiger partial charge in [-0.2, -0.15) is 0 Å². The van der Waals surface area contributed by atoms with Gasteiger partial charge in [0.1, 0.15) is 18.2 Å². The van der Waals surface area contributed by atoms with E-state index in [1.807, 2.05) is 27.5 Å². The molecule has 0 bridgehead atoms. The van der Waals surface area contributed by atoms with Gasteiger partial charge < -0.3 is 15.2 Å². The number of benzene rings is 2. The summed E-state index contributed by atoms with van der Waals surface area (Å²) in [7, 11) is 0. The normalized spacial score (nSPS) is 15.6. The van der Waals surface area contributed by atoms with Crippen LogP contribution in [0.2, 0.25) is 0 Å². The molecule has 3 rings (SSSR count). The van der Waals surface area contributed by atoms with Gasteiger partial charge in [-0.3, -0.25) is 14.5 Å².